The van der Waals surface area contributed by atoms with Crippen molar-refractivity contribution in [2.45, 2.75) is 103 Å². The second-order valence-electron chi connectivity index (χ2n) is 9.74. The highest BCUT2D eigenvalue weighted by Crippen LogP contribution is 2.39. The Morgan fingerprint density at radius 3 is 2.31 bits per heavy atom. The maximum atomic E-state index is 14.7. The second-order valence-corrected chi connectivity index (χ2v) is 9.74. The average Bonchev–Trinajstić information content (AvgIpc) is 2.82. The van der Waals surface area contributed by atoms with E-state index in [-0.39, 0.29) is 18.0 Å². The number of hydrogen-bond donors (Lipinski definition) is 0. The molecule has 2 unspecified atom stereocenters. The van der Waals surface area contributed by atoms with Gasteiger partial charge in [-0.05, 0) is 80.8 Å². The largest absolute Gasteiger partial charge is 0.490 e. The fourth-order valence-electron chi connectivity index (χ4n) is 5.01. The molecule has 1 saturated carbocycles. The monoisotopic (exact) mass is 452 g/mol. The lowest BCUT2D eigenvalue weighted by Gasteiger charge is -2.32. The van der Waals surface area contributed by atoms with E-state index in [4.69, 9.17) is 14.2 Å². The van der Waals surface area contributed by atoms with E-state index in [2.05, 4.69) is 6.92 Å². The van der Waals surface area contributed by atoms with Crippen molar-refractivity contribution in [1.82, 2.24) is 0 Å². The highest BCUT2D eigenvalue weighted by molar-refractivity contribution is 5.33. The van der Waals surface area contributed by atoms with Crippen molar-refractivity contribution in [3.63, 3.8) is 0 Å². The van der Waals surface area contributed by atoms with E-state index in [1.165, 1.54) is 32.1 Å². The molecule has 1 heterocycles. The van der Waals surface area contributed by atoms with Gasteiger partial charge in [0.1, 0.15) is 0 Å². The maximum Gasteiger partial charge on any atom is 0.200 e. The molecular formula is C27H42F2O3. The molecule has 3 nitrogen and oxygen atoms in total. The van der Waals surface area contributed by atoms with Gasteiger partial charge in [-0.15, -0.1) is 0 Å². The molecule has 2 fully saturated rings. The molecule has 3 rings (SSSR count). The van der Waals surface area contributed by atoms with Gasteiger partial charge in [-0.25, -0.2) is 4.39 Å². The highest BCUT2D eigenvalue weighted by Gasteiger charge is 2.28. The summed E-state index contributed by atoms with van der Waals surface area (Å²) in [6.07, 6.45) is 12.8. The summed E-state index contributed by atoms with van der Waals surface area (Å²) < 4.78 is 46.5. The summed E-state index contributed by atoms with van der Waals surface area (Å²) in [4.78, 5) is 0. The molecule has 2 aliphatic rings. The predicted octanol–water partition coefficient (Wildman–Crippen LogP) is 7.77. The van der Waals surface area contributed by atoms with Crippen LogP contribution in [0.25, 0.3) is 0 Å². The Labute approximate surface area is 193 Å². The second kappa shape index (κ2) is 13.5. The van der Waals surface area contributed by atoms with Gasteiger partial charge in [0.05, 0.1) is 19.8 Å². The first-order chi connectivity index (χ1) is 15.6. The van der Waals surface area contributed by atoms with Gasteiger partial charge in [-0.2, -0.15) is 4.39 Å². The van der Waals surface area contributed by atoms with Crippen molar-refractivity contribution in [1.29, 1.82) is 0 Å². The Morgan fingerprint density at radius 1 is 0.875 bits per heavy atom. The summed E-state index contributed by atoms with van der Waals surface area (Å²) >= 11 is 0. The molecule has 0 aromatic heterocycles. The third kappa shape index (κ3) is 7.41. The van der Waals surface area contributed by atoms with Gasteiger partial charge in [-0.1, -0.05) is 45.6 Å². The molecule has 1 aliphatic carbocycles. The summed E-state index contributed by atoms with van der Waals surface area (Å²) in [6.45, 7) is 6.23. The van der Waals surface area contributed by atoms with E-state index in [9.17, 15) is 8.78 Å². The molecule has 2 atom stereocenters. The molecule has 0 spiro atoms. The van der Waals surface area contributed by atoms with Crippen LogP contribution in [0.15, 0.2) is 12.1 Å². The Bertz CT molecular complexity index is 665. The average molecular weight is 453 g/mol. The van der Waals surface area contributed by atoms with E-state index < -0.39 is 11.6 Å². The first kappa shape index (κ1) is 25.4. The van der Waals surface area contributed by atoms with E-state index in [1.807, 2.05) is 6.92 Å². The van der Waals surface area contributed by atoms with Crippen molar-refractivity contribution in [3.8, 4) is 5.75 Å². The summed E-state index contributed by atoms with van der Waals surface area (Å²) in [5.74, 6) is -0.311. The molecule has 32 heavy (non-hydrogen) atoms. The van der Waals surface area contributed by atoms with Crippen molar-refractivity contribution < 1.29 is 23.0 Å². The minimum Gasteiger partial charge on any atom is -0.490 e. The van der Waals surface area contributed by atoms with E-state index in [0.29, 0.717) is 30.6 Å². The lowest BCUT2D eigenvalue weighted by molar-refractivity contribution is -0.183. The Hall–Kier alpha value is -1.20. The smallest absolute Gasteiger partial charge is 0.200 e. The number of ether oxygens (including phenoxy) is 3. The van der Waals surface area contributed by atoms with Crippen LogP contribution in [-0.4, -0.2) is 26.1 Å². The Morgan fingerprint density at radius 2 is 1.62 bits per heavy atom. The van der Waals surface area contributed by atoms with Crippen molar-refractivity contribution in [3.05, 3.63) is 29.3 Å². The van der Waals surface area contributed by atoms with Gasteiger partial charge in [0.15, 0.2) is 17.9 Å². The summed E-state index contributed by atoms with van der Waals surface area (Å²) in [6, 6.07) is 3.31. The van der Waals surface area contributed by atoms with Gasteiger partial charge in [0.2, 0.25) is 5.82 Å². The molecule has 1 aromatic carbocycles. The van der Waals surface area contributed by atoms with Gasteiger partial charge in [0.25, 0.3) is 0 Å². The topological polar surface area (TPSA) is 27.7 Å². The molecule has 0 amide bonds. The van der Waals surface area contributed by atoms with Gasteiger partial charge >= 0.3 is 0 Å². The SMILES string of the molecule is CCCCCC1CCC(OCC2CCC(c3ccc(OCCCC)c(F)c3F)CC2)OC1. The molecule has 1 aliphatic heterocycles. The third-order valence-corrected chi connectivity index (χ3v) is 7.18. The van der Waals surface area contributed by atoms with Crippen molar-refractivity contribution in [2.75, 3.05) is 19.8 Å². The number of unbranched alkanes of at least 4 members (excludes halogenated alkanes) is 3. The van der Waals surface area contributed by atoms with Gasteiger partial charge < -0.3 is 14.2 Å². The van der Waals surface area contributed by atoms with E-state index >= 15 is 0 Å². The number of halogens is 2. The van der Waals surface area contributed by atoms with Crippen LogP contribution in [0, 0.1) is 23.5 Å². The molecule has 1 aromatic rings. The predicted molar refractivity (Wildman–Crippen MR) is 124 cm³/mol. The molecule has 0 radical (unpaired) electrons. The molecule has 5 heteroatoms. The fourth-order valence-corrected chi connectivity index (χ4v) is 5.01. The first-order valence-electron chi connectivity index (χ1n) is 13.0. The summed E-state index contributed by atoms with van der Waals surface area (Å²) in [5, 5.41) is 0. The zero-order valence-corrected chi connectivity index (χ0v) is 20.1. The first-order valence-corrected chi connectivity index (χ1v) is 13.0. The van der Waals surface area contributed by atoms with Crippen LogP contribution in [0.1, 0.15) is 102 Å². The number of benzene rings is 1. The molecule has 0 bridgehead atoms. The lowest BCUT2D eigenvalue weighted by Crippen LogP contribution is -2.30. The lowest BCUT2D eigenvalue weighted by atomic mass is 9.79. The minimum absolute atomic E-state index is 0.0295. The Balaban J connectivity index is 1.38. The molecule has 182 valence electrons. The van der Waals surface area contributed by atoms with Crippen molar-refractivity contribution >= 4 is 0 Å². The van der Waals surface area contributed by atoms with E-state index in [0.717, 1.165) is 51.6 Å². The van der Waals surface area contributed by atoms with Crippen LogP contribution in [-0.2, 0) is 9.47 Å². The quantitative estimate of drug-likeness (QED) is 0.303. The summed E-state index contributed by atoms with van der Waals surface area (Å²) in [5.41, 5.74) is 0.495. The fraction of sp³-hybridized carbons (Fsp3) is 0.778. The molecular weight excluding hydrogens is 410 g/mol. The standard InChI is InChI=1S/C27H42F2O3/c1-3-5-7-8-20-11-16-25(31-18-20)32-19-21-9-12-22(13-10-21)23-14-15-24(27(29)26(23)28)30-17-6-4-2/h14-15,20-22,25H,3-13,16-19H2,1-2H3. The van der Waals surface area contributed by atoms with Crippen LogP contribution >= 0.6 is 0 Å². The van der Waals surface area contributed by atoms with Crippen molar-refractivity contribution in [2.24, 2.45) is 11.8 Å². The zero-order valence-electron chi connectivity index (χ0n) is 20.1. The normalized spacial score (nSPS) is 26.2. The van der Waals surface area contributed by atoms with E-state index in [1.54, 1.807) is 12.1 Å². The molecule has 1 saturated heterocycles. The maximum absolute atomic E-state index is 14.7. The van der Waals surface area contributed by atoms with Crippen LogP contribution < -0.4 is 4.74 Å². The number of rotatable bonds is 12. The molecule has 0 N–H and O–H groups in total. The van der Waals surface area contributed by atoms with Crippen LogP contribution in [0.5, 0.6) is 5.75 Å². The van der Waals surface area contributed by atoms with Crippen LogP contribution in [0.4, 0.5) is 8.78 Å². The third-order valence-electron chi connectivity index (χ3n) is 7.18. The van der Waals surface area contributed by atoms with Gasteiger partial charge in [-0.3, -0.25) is 0 Å². The van der Waals surface area contributed by atoms with Crippen LogP contribution in [0.3, 0.4) is 0 Å². The Kier molecular flexibility index (Phi) is 10.7. The highest BCUT2D eigenvalue weighted by atomic mass is 19.2. The summed E-state index contributed by atoms with van der Waals surface area (Å²) in [7, 11) is 0. The number of hydrogen-bond acceptors (Lipinski definition) is 3. The minimum atomic E-state index is -0.841. The van der Waals surface area contributed by atoms with Crippen LogP contribution in [0.2, 0.25) is 0 Å². The zero-order chi connectivity index (χ0) is 22.8. The van der Waals surface area contributed by atoms with Gasteiger partial charge in [0, 0.05) is 0 Å².